The number of fused-ring (bicyclic) bond motifs is 2. The molecule has 4 rings (SSSR count). The summed E-state index contributed by atoms with van der Waals surface area (Å²) in [6.07, 6.45) is -1.80. The van der Waals surface area contributed by atoms with Crippen LogP contribution in [0.5, 0.6) is 5.88 Å². The Labute approximate surface area is 134 Å². The Kier molecular flexibility index (Phi) is 2.96. The van der Waals surface area contributed by atoms with Gasteiger partial charge in [-0.1, -0.05) is 12.1 Å². The highest BCUT2D eigenvalue weighted by molar-refractivity contribution is 6.00. The van der Waals surface area contributed by atoms with Crippen LogP contribution in [0, 0.1) is 0 Å². The normalized spacial score (nSPS) is 15.8. The van der Waals surface area contributed by atoms with E-state index in [0.29, 0.717) is 11.3 Å². The molecular weight excluding hydrogens is 318 g/mol. The van der Waals surface area contributed by atoms with Crippen LogP contribution in [0.25, 0.3) is 11.0 Å². The molecule has 1 aliphatic heterocycles. The van der Waals surface area contributed by atoms with Crippen LogP contribution < -0.4 is 15.4 Å². The topological polar surface area (TPSA) is 84.2 Å². The molecular formula is C16H12F2N4O2. The molecule has 0 aliphatic carbocycles. The standard InChI is InChI=1S/C16H12F2N4O2/c17-16(18)8-22(11-4-2-1-3-10(11)13(19)23)12-7-9-5-6-20-14(9)21-15(12)24-16/h1-7H,8H2,(H2,19,23)(H,20,21). The largest absolute Gasteiger partial charge is 0.417 e. The van der Waals surface area contributed by atoms with Crippen LogP contribution in [0.3, 0.4) is 0 Å². The number of carbonyl (C=O) groups excluding carboxylic acids is 1. The van der Waals surface area contributed by atoms with Crippen LogP contribution in [0.2, 0.25) is 0 Å². The zero-order chi connectivity index (χ0) is 16.9. The van der Waals surface area contributed by atoms with Gasteiger partial charge in [-0.3, -0.25) is 4.79 Å². The molecule has 0 spiro atoms. The van der Waals surface area contributed by atoms with Crippen molar-refractivity contribution in [1.82, 2.24) is 9.97 Å². The predicted molar refractivity (Wildman–Crippen MR) is 83.6 cm³/mol. The molecule has 0 unspecified atom stereocenters. The fourth-order valence-electron chi connectivity index (χ4n) is 2.80. The van der Waals surface area contributed by atoms with Gasteiger partial charge in [-0.2, -0.15) is 13.8 Å². The van der Waals surface area contributed by atoms with Crippen molar-refractivity contribution in [1.29, 1.82) is 0 Å². The van der Waals surface area contributed by atoms with Gasteiger partial charge in [0.25, 0.3) is 5.91 Å². The number of nitrogens with one attached hydrogen (secondary N) is 1. The highest BCUT2D eigenvalue weighted by Crippen LogP contribution is 2.43. The van der Waals surface area contributed by atoms with Crippen molar-refractivity contribution >= 4 is 28.3 Å². The molecule has 1 aliphatic rings. The van der Waals surface area contributed by atoms with Crippen LogP contribution >= 0.6 is 0 Å². The van der Waals surface area contributed by atoms with Crippen molar-refractivity contribution in [3.8, 4) is 5.88 Å². The van der Waals surface area contributed by atoms with Gasteiger partial charge in [0.15, 0.2) is 0 Å². The second-order valence-corrected chi connectivity index (χ2v) is 5.44. The van der Waals surface area contributed by atoms with E-state index in [1.807, 2.05) is 0 Å². The average molecular weight is 330 g/mol. The zero-order valence-corrected chi connectivity index (χ0v) is 12.3. The second-order valence-electron chi connectivity index (χ2n) is 5.44. The van der Waals surface area contributed by atoms with Gasteiger partial charge < -0.3 is 20.4 Å². The number of ether oxygens (including phenoxy) is 1. The third-order valence-electron chi connectivity index (χ3n) is 3.82. The van der Waals surface area contributed by atoms with Gasteiger partial charge in [0.05, 0.1) is 11.3 Å². The molecule has 2 aromatic heterocycles. The smallest absolute Gasteiger partial charge is 0.411 e. The number of amides is 1. The number of benzene rings is 1. The van der Waals surface area contributed by atoms with E-state index in [4.69, 9.17) is 10.5 Å². The molecule has 0 atom stereocenters. The van der Waals surface area contributed by atoms with Gasteiger partial charge in [-0.15, -0.1) is 0 Å². The first kappa shape index (κ1) is 14.4. The monoisotopic (exact) mass is 330 g/mol. The first-order valence-electron chi connectivity index (χ1n) is 7.16. The molecule has 6 nitrogen and oxygen atoms in total. The minimum absolute atomic E-state index is 0.148. The van der Waals surface area contributed by atoms with Crippen molar-refractivity contribution in [2.45, 2.75) is 6.11 Å². The van der Waals surface area contributed by atoms with E-state index < -0.39 is 18.6 Å². The number of aromatic nitrogens is 2. The van der Waals surface area contributed by atoms with E-state index in [0.717, 1.165) is 5.39 Å². The fourth-order valence-corrected chi connectivity index (χ4v) is 2.80. The van der Waals surface area contributed by atoms with Crippen molar-refractivity contribution in [3.63, 3.8) is 0 Å². The molecule has 3 aromatic rings. The maximum absolute atomic E-state index is 14.0. The Morgan fingerprint density at radius 3 is 2.88 bits per heavy atom. The molecule has 1 aromatic carbocycles. The maximum Gasteiger partial charge on any atom is 0.417 e. The number of para-hydroxylation sites is 1. The number of rotatable bonds is 2. The van der Waals surface area contributed by atoms with E-state index in [1.165, 1.54) is 11.0 Å². The average Bonchev–Trinajstić information content (AvgIpc) is 2.98. The molecule has 0 bridgehead atoms. The molecule has 0 radical (unpaired) electrons. The Bertz CT molecular complexity index is 954. The Morgan fingerprint density at radius 2 is 2.08 bits per heavy atom. The number of hydrogen-bond acceptors (Lipinski definition) is 4. The highest BCUT2D eigenvalue weighted by Gasteiger charge is 2.42. The van der Waals surface area contributed by atoms with Crippen LogP contribution in [-0.2, 0) is 0 Å². The number of H-pyrrole nitrogens is 1. The number of alkyl halides is 2. The lowest BCUT2D eigenvalue weighted by atomic mass is 10.1. The zero-order valence-electron chi connectivity index (χ0n) is 12.3. The van der Waals surface area contributed by atoms with Crippen LogP contribution in [0.1, 0.15) is 10.4 Å². The van der Waals surface area contributed by atoms with Gasteiger partial charge in [-0.25, -0.2) is 0 Å². The highest BCUT2D eigenvalue weighted by atomic mass is 19.3. The molecule has 0 saturated heterocycles. The lowest BCUT2D eigenvalue weighted by molar-refractivity contribution is -0.172. The number of pyridine rings is 1. The van der Waals surface area contributed by atoms with E-state index >= 15 is 0 Å². The third-order valence-corrected chi connectivity index (χ3v) is 3.82. The summed E-state index contributed by atoms with van der Waals surface area (Å²) >= 11 is 0. The number of nitrogens with zero attached hydrogens (tertiary/aromatic N) is 2. The Morgan fingerprint density at radius 1 is 1.29 bits per heavy atom. The number of aromatic amines is 1. The van der Waals surface area contributed by atoms with Crippen LogP contribution in [0.4, 0.5) is 20.2 Å². The summed E-state index contributed by atoms with van der Waals surface area (Å²) in [5.74, 6) is -0.905. The fraction of sp³-hybridized carbons (Fsp3) is 0.125. The summed E-state index contributed by atoms with van der Waals surface area (Å²) in [6, 6.07) is 9.78. The summed E-state index contributed by atoms with van der Waals surface area (Å²) in [5, 5.41) is 0.740. The van der Waals surface area contributed by atoms with E-state index in [2.05, 4.69) is 9.97 Å². The number of hydrogen-bond donors (Lipinski definition) is 2. The van der Waals surface area contributed by atoms with Crippen molar-refractivity contribution in [2.75, 3.05) is 11.4 Å². The summed E-state index contributed by atoms with van der Waals surface area (Å²) in [6.45, 7) is -0.748. The van der Waals surface area contributed by atoms with Crippen molar-refractivity contribution in [3.05, 3.63) is 48.2 Å². The quantitative estimate of drug-likeness (QED) is 0.757. The molecule has 8 heteroatoms. The SMILES string of the molecule is NC(=O)c1ccccc1N1CC(F)(F)Oc2nc3[nH]ccc3cc21. The lowest BCUT2D eigenvalue weighted by Gasteiger charge is -2.35. The second kappa shape index (κ2) is 4.92. The molecule has 0 fully saturated rings. The van der Waals surface area contributed by atoms with Crippen molar-refractivity contribution < 1.29 is 18.3 Å². The maximum atomic E-state index is 14.0. The van der Waals surface area contributed by atoms with Gasteiger partial charge in [-0.05, 0) is 24.3 Å². The third kappa shape index (κ3) is 2.23. The van der Waals surface area contributed by atoms with E-state index in [9.17, 15) is 13.6 Å². The number of primary amides is 1. The molecule has 3 heterocycles. The van der Waals surface area contributed by atoms with E-state index in [-0.39, 0.29) is 17.1 Å². The Hall–Kier alpha value is -3.16. The summed E-state index contributed by atoms with van der Waals surface area (Å²) in [4.78, 5) is 19.9. The number of halogens is 2. The molecule has 0 saturated carbocycles. The van der Waals surface area contributed by atoms with Gasteiger partial charge in [0, 0.05) is 11.6 Å². The van der Waals surface area contributed by atoms with Gasteiger partial charge in [0.1, 0.15) is 17.9 Å². The predicted octanol–water partition coefficient (Wildman–Crippen LogP) is 2.79. The first-order chi connectivity index (χ1) is 11.4. The van der Waals surface area contributed by atoms with E-state index in [1.54, 1.807) is 36.5 Å². The molecule has 122 valence electrons. The minimum Gasteiger partial charge on any atom is -0.411 e. The van der Waals surface area contributed by atoms with Gasteiger partial charge in [0.2, 0.25) is 5.88 Å². The summed E-state index contributed by atoms with van der Waals surface area (Å²) in [5.41, 5.74) is 6.60. The van der Waals surface area contributed by atoms with Crippen LogP contribution in [-0.4, -0.2) is 28.5 Å². The first-order valence-corrected chi connectivity index (χ1v) is 7.16. The molecule has 3 N–H and O–H groups in total. The summed E-state index contributed by atoms with van der Waals surface area (Å²) < 4.78 is 32.8. The lowest BCUT2D eigenvalue weighted by Crippen LogP contribution is -2.43. The Balaban J connectivity index is 1.95. The molecule has 1 amide bonds. The van der Waals surface area contributed by atoms with Crippen LogP contribution in [0.15, 0.2) is 42.6 Å². The van der Waals surface area contributed by atoms with Gasteiger partial charge >= 0.3 is 6.11 Å². The number of anilines is 2. The van der Waals surface area contributed by atoms with Crippen molar-refractivity contribution in [2.24, 2.45) is 5.73 Å². The minimum atomic E-state index is -3.45. The molecule has 24 heavy (non-hydrogen) atoms. The number of nitrogens with two attached hydrogens (primary N) is 1. The number of carbonyl (C=O) groups is 1. The summed E-state index contributed by atoms with van der Waals surface area (Å²) in [7, 11) is 0.